The first-order chi connectivity index (χ1) is 15.4. The van der Waals surface area contributed by atoms with Crippen molar-refractivity contribution in [2.24, 2.45) is 0 Å². The molecule has 9 nitrogen and oxygen atoms in total. The molecule has 13 heteroatoms. The Bertz CT molecular complexity index is 1320. The summed E-state index contributed by atoms with van der Waals surface area (Å²) in [6.07, 6.45) is -0.471. The molecule has 4 heterocycles. The number of aliphatic hydroxyl groups excluding tert-OH is 1. The van der Waals surface area contributed by atoms with Gasteiger partial charge in [-0.3, -0.25) is 5.10 Å². The first kappa shape index (κ1) is 20.8. The number of hydrogen-bond acceptors (Lipinski definition) is 9. The second-order valence-corrected chi connectivity index (χ2v) is 9.20. The molecule has 0 spiro atoms. The van der Waals surface area contributed by atoms with Crippen LogP contribution in [0.2, 0.25) is 0 Å². The normalized spacial score (nSPS) is 16.2. The largest absolute Gasteiger partial charge is 0.442 e. The van der Waals surface area contributed by atoms with Gasteiger partial charge in [-0.15, -0.1) is 27.8 Å². The van der Waals surface area contributed by atoms with Crippen molar-refractivity contribution in [2.75, 3.05) is 13.1 Å². The lowest BCUT2D eigenvalue weighted by atomic mass is 10.2. The SMILES string of the molecule is Cc1nc(COC(=O)N2CCC(O)C2)sc1-c1csc(-c2cc(F)c3[nH]nnc3c2F)n1. The van der Waals surface area contributed by atoms with Gasteiger partial charge in [-0.1, -0.05) is 5.21 Å². The Hall–Kier alpha value is -3.03. The van der Waals surface area contributed by atoms with Crippen LogP contribution in [0.3, 0.4) is 0 Å². The monoisotopic (exact) mass is 478 g/mol. The highest BCUT2D eigenvalue weighted by Gasteiger charge is 2.26. The molecule has 5 rings (SSSR count). The average Bonchev–Trinajstić information content (AvgIpc) is 3.55. The van der Waals surface area contributed by atoms with E-state index in [2.05, 4.69) is 25.4 Å². The van der Waals surface area contributed by atoms with E-state index in [1.54, 1.807) is 12.3 Å². The predicted octanol–water partition coefficient (Wildman–Crippen LogP) is 3.49. The highest BCUT2D eigenvalue weighted by Crippen LogP contribution is 2.36. The number of rotatable bonds is 4. The summed E-state index contributed by atoms with van der Waals surface area (Å²) in [6.45, 7) is 2.52. The van der Waals surface area contributed by atoms with Gasteiger partial charge in [0.1, 0.15) is 22.1 Å². The minimum Gasteiger partial charge on any atom is -0.442 e. The molecule has 1 saturated heterocycles. The molecule has 4 aromatic rings. The molecule has 0 saturated carbocycles. The number of likely N-dealkylation sites (tertiary alicyclic amines) is 1. The van der Waals surface area contributed by atoms with Crippen LogP contribution in [0.4, 0.5) is 13.6 Å². The van der Waals surface area contributed by atoms with Crippen molar-refractivity contribution in [2.45, 2.75) is 26.1 Å². The van der Waals surface area contributed by atoms with Gasteiger partial charge in [-0.25, -0.2) is 23.5 Å². The maximum Gasteiger partial charge on any atom is 0.410 e. The van der Waals surface area contributed by atoms with Gasteiger partial charge in [-0.05, 0) is 19.4 Å². The Kier molecular flexibility index (Phi) is 5.31. The van der Waals surface area contributed by atoms with Gasteiger partial charge >= 0.3 is 6.09 Å². The van der Waals surface area contributed by atoms with Crippen LogP contribution in [0.25, 0.3) is 32.2 Å². The zero-order chi connectivity index (χ0) is 22.4. The van der Waals surface area contributed by atoms with Crippen molar-refractivity contribution in [1.29, 1.82) is 0 Å². The third-order valence-electron chi connectivity index (χ3n) is 5.05. The second-order valence-electron chi connectivity index (χ2n) is 7.26. The lowest BCUT2D eigenvalue weighted by Gasteiger charge is -2.14. The second kappa shape index (κ2) is 8.15. The molecule has 1 fully saturated rings. The highest BCUT2D eigenvalue weighted by molar-refractivity contribution is 7.16. The van der Waals surface area contributed by atoms with Crippen LogP contribution in [0.1, 0.15) is 17.1 Å². The van der Waals surface area contributed by atoms with E-state index >= 15 is 0 Å². The van der Waals surface area contributed by atoms with Crippen LogP contribution in [0.5, 0.6) is 0 Å². The van der Waals surface area contributed by atoms with Crippen molar-refractivity contribution in [3.05, 3.63) is 33.8 Å². The maximum atomic E-state index is 14.8. The molecule has 166 valence electrons. The fourth-order valence-electron chi connectivity index (χ4n) is 3.47. The summed E-state index contributed by atoms with van der Waals surface area (Å²) in [6, 6.07) is 1.07. The zero-order valence-electron chi connectivity index (χ0n) is 16.6. The first-order valence-electron chi connectivity index (χ1n) is 9.61. The van der Waals surface area contributed by atoms with E-state index in [4.69, 9.17) is 4.74 Å². The number of hydrogen-bond donors (Lipinski definition) is 2. The topological polar surface area (TPSA) is 117 Å². The number of H-pyrrole nitrogens is 1. The van der Waals surface area contributed by atoms with Gasteiger partial charge in [-0.2, -0.15) is 0 Å². The molecular weight excluding hydrogens is 462 g/mol. The summed E-state index contributed by atoms with van der Waals surface area (Å²) in [5.41, 5.74) is 0.988. The molecule has 1 aromatic carbocycles. The van der Waals surface area contributed by atoms with Gasteiger partial charge in [0.2, 0.25) is 0 Å². The van der Waals surface area contributed by atoms with E-state index < -0.39 is 23.8 Å². The Morgan fingerprint density at radius 2 is 2.25 bits per heavy atom. The molecule has 3 aromatic heterocycles. The minimum absolute atomic E-state index is 0.00338. The van der Waals surface area contributed by atoms with Crippen molar-refractivity contribution in [1.82, 2.24) is 30.3 Å². The van der Waals surface area contributed by atoms with Gasteiger partial charge in [0.25, 0.3) is 0 Å². The van der Waals surface area contributed by atoms with E-state index in [0.29, 0.717) is 34.4 Å². The predicted molar refractivity (Wildman–Crippen MR) is 113 cm³/mol. The fourth-order valence-corrected chi connectivity index (χ4v) is 5.30. The quantitative estimate of drug-likeness (QED) is 0.461. The van der Waals surface area contributed by atoms with E-state index in [-0.39, 0.29) is 29.7 Å². The summed E-state index contributed by atoms with van der Waals surface area (Å²) >= 11 is 2.48. The zero-order valence-corrected chi connectivity index (χ0v) is 18.3. The fraction of sp³-hybridized carbons (Fsp3) is 0.316. The number of aromatic amines is 1. The number of aliphatic hydroxyl groups is 1. The van der Waals surface area contributed by atoms with Crippen LogP contribution in [-0.2, 0) is 11.3 Å². The third kappa shape index (κ3) is 3.72. The van der Waals surface area contributed by atoms with Crippen molar-refractivity contribution < 1.29 is 23.4 Å². The van der Waals surface area contributed by atoms with Crippen molar-refractivity contribution >= 4 is 39.8 Å². The molecular formula is C19H16F2N6O3S2. The number of benzene rings is 1. The number of ether oxygens (including phenoxy) is 1. The van der Waals surface area contributed by atoms with Gasteiger partial charge in [0.15, 0.2) is 17.2 Å². The number of thiazole rings is 2. The third-order valence-corrected chi connectivity index (χ3v) is 7.08. The van der Waals surface area contributed by atoms with E-state index in [1.165, 1.54) is 27.6 Å². The lowest BCUT2D eigenvalue weighted by Crippen LogP contribution is -2.30. The summed E-state index contributed by atoms with van der Waals surface area (Å²) in [5, 5.41) is 21.6. The van der Waals surface area contributed by atoms with Crippen LogP contribution in [0, 0.1) is 18.6 Å². The maximum absolute atomic E-state index is 14.8. The van der Waals surface area contributed by atoms with E-state index in [1.807, 2.05) is 0 Å². The number of carbonyl (C=O) groups is 1. The minimum atomic E-state index is -0.697. The molecule has 2 N–H and O–H groups in total. The highest BCUT2D eigenvalue weighted by atomic mass is 32.1. The number of halogens is 2. The molecule has 1 aliphatic rings. The van der Waals surface area contributed by atoms with E-state index in [9.17, 15) is 18.7 Å². The smallest absolute Gasteiger partial charge is 0.410 e. The number of carbonyl (C=O) groups excluding carboxylic acids is 1. The Balaban J connectivity index is 1.35. The Labute approximate surface area is 187 Å². The van der Waals surface area contributed by atoms with E-state index in [0.717, 1.165) is 10.9 Å². The average molecular weight is 479 g/mol. The van der Waals surface area contributed by atoms with Crippen LogP contribution in [-0.4, -0.2) is 60.7 Å². The van der Waals surface area contributed by atoms with Crippen molar-refractivity contribution in [3.63, 3.8) is 0 Å². The summed E-state index contributed by atoms with van der Waals surface area (Å²) in [7, 11) is 0. The molecule has 0 radical (unpaired) electrons. The number of aryl methyl sites for hydroxylation is 1. The first-order valence-corrected chi connectivity index (χ1v) is 11.3. The summed E-state index contributed by atoms with van der Waals surface area (Å²) in [5.74, 6) is -1.36. The standard InChI is InChI=1S/C19H16F2N6O3S2/c1-8-17(32-13(22-8)6-30-19(29)27-3-2-9(28)5-27)12-7-31-18(23-12)10-4-11(20)15-16(14(10)21)25-26-24-15/h4,7,9,28H,2-3,5-6H2,1H3,(H,24,25,26). The molecule has 0 aliphatic carbocycles. The lowest BCUT2D eigenvalue weighted by molar-refractivity contribution is 0.0970. The molecule has 1 unspecified atom stereocenters. The molecule has 1 atom stereocenters. The van der Waals surface area contributed by atoms with Crippen LogP contribution < -0.4 is 0 Å². The summed E-state index contributed by atoms with van der Waals surface area (Å²) < 4.78 is 34.4. The van der Waals surface area contributed by atoms with Crippen molar-refractivity contribution in [3.8, 4) is 21.1 Å². The summed E-state index contributed by atoms with van der Waals surface area (Å²) in [4.78, 5) is 23.2. The molecule has 32 heavy (non-hydrogen) atoms. The Morgan fingerprint density at radius 3 is 3.03 bits per heavy atom. The Morgan fingerprint density at radius 1 is 1.41 bits per heavy atom. The van der Waals surface area contributed by atoms with Gasteiger partial charge in [0.05, 0.1) is 27.9 Å². The molecule has 1 aliphatic heterocycles. The molecule has 0 bridgehead atoms. The number of nitrogens with one attached hydrogen (secondary N) is 1. The van der Waals surface area contributed by atoms with Gasteiger partial charge < -0.3 is 14.7 Å². The molecule has 1 amide bonds. The number of aromatic nitrogens is 5. The number of amides is 1. The van der Waals surface area contributed by atoms with Crippen LogP contribution >= 0.6 is 22.7 Å². The number of fused-ring (bicyclic) bond motifs is 1. The number of nitrogens with zero attached hydrogens (tertiary/aromatic N) is 5. The van der Waals surface area contributed by atoms with Gasteiger partial charge in [0, 0.05) is 18.5 Å². The van der Waals surface area contributed by atoms with Crippen LogP contribution in [0.15, 0.2) is 11.4 Å². The number of β-amino-alcohol motifs (C(OH)–C–C–N with tert-alkyl or cyclic N) is 1.